The molecule has 2 aliphatic heterocycles. The standard InChI is InChI=1S/C16H22F3NOS/c17-16(18,19)9-13-8-12(10-22-13)15(21)20-7-3-5-11-4-1-2-6-14(11)20/h10-11,13-14H,1-9H2. The van der Waals surface area contributed by atoms with Crippen LogP contribution in [0.15, 0.2) is 11.0 Å². The molecule has 0 aromatic heterocycles. The highest BCUT2D eigenvalue weighted by Crippen LogP contribution is 2.40. The van der Waals surface area contributed by atoms with E-state index in [4.69, 9.17) is 0 Å². The van der Waals surface area contributed by atoms with E-state index in [0.29, 0.717) is 17.5 Å². The lowest BCUT2D eigenvalue weighted by molar-refractivity contribution is -0.136. The van der Waals surface area contributed by atoms with Gasteiger partial charge < -0.3 is 4.90 Å². The number of carbonyl (C=O) groups excluding carboxylic acids is 1. The van der Waals surface area contributed by atoms with Crippen molar-refractivity contribution in [1.29, 1.82) is 0 Å². The molecule has 1 amide bonds. The number of piperidine rings is 1. The Morgan fingerprint density at radius 3 is 2.73 bits per heavy atom. The summed E-state index contributed by atoms with van der Waals surface area (Å²) in [5.74, 6) is 0.598. The molecule has 1 saturated carbocycles. The molecular formula is C16H22F3NOS. The number of alkyl halides is 3. The lowest BCUT2D eigenvalue weighted by Crippen LogP contribution is -2.50. The molecule has 2 heterocycles. The lowest BCUT2D eigenvalue weighted by Gasteiger charge is -2.44. The molecule has 0 aromatic carbocycles. The average molecular weight is 333 g/mol. The Balaban J connectivity index is 1.62. The summed E-state index contributed by atoms with van der Waals surface area (Å²) in [6.45, 7) is 0.770. The molecule has 3 rings (SSSR count). The van der Waals surface area contributed by atoms with Gasteiger partial charge in [-0.3, -0.25) is 4.79 Å². The largest absolute Gasteiger partial charge is 0.390 e. The number of hydrogen-bond donors (Lipinski definition) is 0. The molecule has 22 heavy (non-hydrogen) atoms. The molecule has 3 atom stereocenters. The van der Waals surface area contributed by atoms with Crippen molar-refractivity contribution in [3.8, 4) is 0 Å². The molecule has 0 aromatic rings. The fraction of sp³-hybridized carbons (Fsp3) is 0.812. The van der Waals surface area contributed by atoms with Gasteiger partial charge in [-0.15, -0.1) is 11.8 Å². The summed E-state index contributed by atoms with van der Waals surface area (Å²) in [7, 11) is 0. The quantitative estimate of drug-likeness (QED) is 0.741. The van der Waals surface area contributed by atoms with Gasteiger partial charge in [0, 0.05) is 23.4 Å². The van der Waals surface area contributed by atoms with Crippen LogP contribution in [0.3, 0.4) is 0 Å². The van der Waals surface area contributed by atoms with E-state index in [1.54, 1.807) is 5.41 Å². The van der Waals surface area contributed by atoms with Gasteiger partial charge in [0.15, 0.2) is 0 Å². The van der Waals surface area contributed by atoms with Gasteiger partial charge in [-0.2, -0.15) is 13.2 Å². The van der Waals surface area contributed by atoms with Gasteiger partial charge in [-0.1, -0.05) is 12.8 Å². The molecule has 6 heteroatoms. The molecular weight excluding hydrogens is 311 g/mol. The van der Waals surface area contributed by atoms with E-state index >= 15 is 0 Å². The molecule has 2 fully saturated rings. The zero-order chi connectivity index (χ0) is 15.7. The lowest BCUT2D eigenvalue weighted by atomic mass is 9.78. The predicted octanol–water partition coefficient (Wildman–Crippen LogP) is 4.51. The minimum Gasteiger partial charge on any atom is -0.336 e. The second-order valence-electron chi connectivity index (χ2n) is 6.68. The maximum atomic E-state index is 12.7. The van der Waals surface area contributed by atoms with Crippen LogP contribution in [0.5, 0.6) is 0 Å². The van der Waals surface area contributed by atoms with Gasteiger partial charge in [0.1, 0.15) is 0 Å². The Morgan fingerprint density at radius 2 is 1.95 bits per heavy atom. The number of nitrogens with zero attached hydrogens (tertiary/aromatic N) is 1. The first kappa shape index (κ1) is 16.2. The molecule has 0 bridgehead atoms. The summed E-state index contributed by atoms with van der Waals surface area (Å²) in [6, 6.07) is 0.322. The highest BCUT2D eigenvalue weighted by Gasteiger charge is 2.39. The van der Waals surface area contributed by atoms with E-state index in [-0.39, 0.29) is 12.3 Å². The molecule has 124 valence electrons. The Labute approximate surface area is 133 Å². The molecule has 3 aliphatic rings. The first-order valence-electron chi connectivity index (χ1n) is 8.16. The molecule has 3 unspecified atom stereocenters. The van der Waals surface area contributed by atoms with Crippen molar-refractivity contribution in [3.05, 3.63) is 11.0 Å². The van der Waals surface area contributed by atoms with Crippen LogP contribution in [0, 0.1) is 5.92 Å². The van der Waals surface area contributed by atoms with Crippen LogP contribution in [-0.4, -0.2) is 34.8 Å². The van der Waals surface area contributed by atoms with Gasteiger partial charge in [-0.05, 0) is 43.4 Å². The van der Waals surface area contributed by atoms with E-state index in [0.717, 1.165) is 25.8 Å². The third kappa shape index (κ3) is 3.63. The van der Waals surface area contributed by atoms with Crippen LogP contribution < -0.4 is 0 Å². The van der Waals surface area contributed by atoms with Gasteiger partial charge in [0.25, 0.3) is 5.91 Å². The van der Waals surface area contributed by atoms with E-state index < -0.39 is 17.8 Å². The maximum absolute atomic E-state index is 12.7. The van der Waals surface area contributed by atoms with E-state index in [1.165, 1.54) is 31.0 Å². The highest BCUT2D eigenvalue weighted by molar-refractivity contribution is 8.03. The van der Waals surface area contributed by atoms with Gasteiger partial charge in [-0.25, -0.2) is 0 Å². The second kappa shape index (κ2) is 6.46. The molecule has 0 spiro atoms. The zero-order valence-corrected chi connectivity index (χ0v) is 13.4. The Bertz CT molecular complexity index is 461. The third-order valence-corrected chi connectivity index (χ3v) is 6.23. The number of carbonyl (C=O) groups is 1. The van der Waals surface area contributed by atoms with Crippen LogP contribution in [-0.2, 0) is 4.79 Å². The summed E-state index contributed by atoms with van der Waals surface area (Å²) in [6.07, 6.45) is 2.18. The molecule has 1 aliphatic carbocycles. The van der Waals surface area contributed by atoms with Crippen LogP contribution in [0.1, 0.15) is 51.4 Å². The SMILES string of the molecule is O=C(C1=CSC(CC(F)(F)F)C1)N1CCCC2CCCCC21. The van der Waals surface area contributed by atoms with E-state index in [9.17, 15) is 18.0 Å². The number of thioether (sulfide) groups is 1. The Kier molecular flexibility index (Phi) is 4.76. The molecule has 1 saturated heterocycles. The van der Waals surface area contributed by atoms with Gasteiger partial charge in [0.05, 0.1) is 6.42 Å². The van der Waals surface area contributed by atoms with Crippen LogP contribution in [0.4, 0.5) is 13.2 Å². The fourth-order valence-corrected chi connectivity index (χ4v) is 5.21. The first-order chi connectivity index (χ1) is 10.4. The number of rotatable bonds is 2. The van der Waals surface area contributed by atoms with Crippen molar-refractivity contribution in [2.75, 3.05) is 6.54 Å². The van der Waals surface area contributed by atoms with Crippen molar-refractivity contribution in [1.82, 2.24) is 4.90 Å². The van der Waals surface area contributed by atoms with Crippen molar-refractivity contribution >= 4 is 17.7 Å². The molecule has 0 radical (unpaired) electrons. The zero-order valence-electron chi connectivity index (χ0n) is 12.6. The van der Waals surface area contributed by atoms with Crippen LogP contribution >= 0.6 is 11.8 Å². The fourth-order valence-electron chi connectivity index (χ4n) is 4.10. The number of halogens is 3. The highest BCUT2D eigenvalue weighted by atomic mass is 32.2. The number of hydrogen-bond acceptors (Lipinski definition) is 2. The number of likely N-dealkylation sites (tertiary alicyclic amines) is 1. The topological polar surface area (TPSA) is 20.3 Å². The van der Waals surface area contributed by atoms with Crippen molar-refractivity contribution < 1.29 is 18.0 Å². The smallest absolute Gasteiger partial charge is 0.336 e. The van der Waals surface area contributed by atoms with E-state index in [2.05, 4.69) is 0 Å². The van der Waals surface area contributed by atoms with Crippen molar-refractivity contribution in [2.45, 2.75) is 68.8 Å². The predicted molar refractivity (Wildman–Crippen MR) is 81.4 cm³/mol. The number of amides is 1. The average Bonchev–Trinajstić information content (AvgIpc) is 2.92. The van der Waals surface area contributed by atoms with Crippen LogP contribution in [0.25, 0.3) is 0 Å². The molecule has 2 nitrogen and oxygen atoms in total. The summed E-state index contributed by atoms with van der Waals surface area (Å²) in [5, 5.41) is 1.15. The summed E-state index contributed by atoms with van der Waals surface area (Å²) < 4.78 is 37.4. The van der Waals surface area contributed by atoms with Crippen LogP contribution in [0.2, 0.25) is 0 Å². The minimum absolute atomic E-state index is 0.00576. The molecule has 0 N–H and O–H groups in total. The van der Waals surface area contributed by atoms with Gasteiger partial charge in [0.2, 0.25) is 0 Å². The summed E-state index contributed by atoms with van der Waals surface area (Å²) in [4.78, 5) is 14.7. The maximum Gasteiger partial charge on any atom is 0.390 e. The third-order valence-electron chi connectivity index (χ3n) is 5.09. The van der Waals surface area contributed by atoms with Crippen molar-refractivity contribution in [3.63, 3.8) is 0 Å². The van der Waals surface area contributed by atoms with Crippen molar-refractivity contribution in [2.24, 2.45) is 5.92 Å². The van der Waals surface area contributed by atoms with Gasteiger partial charge >= 0.3 is 6.18 Å². The normalized spacial score (nSPS) is 32.6. The second-order valence-corrected chi connectivity index (χ2v) is 7.85. The monoisotopic (exact) mass is 333 g/mol. The van der Waals surface area contributed by atoms with E-state index in [1.807, 2.05) is 4.90 Å². The first-order valence-corrected chi connectivity index (χ1v) is 9.10. The Hall–Kier alpha value is -0.650. The Morgan fingerprint density at radius 1 is 1.23 bits per heavy atom. The minimum atomic E-state index is -4.15. The summed E-state index contributed by atoms with van der Waals surface area (Å²) in [5.41, 5.74) is 0.588. The number of fused-ring (bicyclic) bond motifs is 1. The summed E-state index contributed by atoms with van der Waals surface area (Å²) >= 11 is 1.17.